The average Bonchev–Trinajstić information content (AvgIpc) is 3.22. The molecule has 1 aliphatic heterocycles. The van der Waals surface area contributed by atoms with Crippen molar-refractivity contribution in [1.82, 2.24) is 0 Å². The molecule has 0 saturated carbocycles. The highest BCUT2D eigenvalue weighted by molar-refractivity contribution is 5.70. The zero-order valence-electron chi connectivity index (χ0n) is 10.4. The van der Waals surface area contributed by atoms with E-state index in [0.29, 0.717) is 6.61 Å². The molecule has 0 bridgehead atoms. The molecule has 0 N–H and O–H groups in total. The third-order valence-electron chi connectivity index (χ3n) is 3.08. The van der Waals surface area contributed by atoms with Gasteiger partial charge in [-0.2, -0.15) is 0 Å². The molecule has 3 rings (SSSR count). The van der Waals surface area contributed by atoms with Gasteiger partial charge >= 0.3 is 0 Å². The van der Waals surface area contributed by atoms with Crippen LogP contribution in [-0.4, -0.2) is 19.3 Å². The van der Waals surface area contributed by atoms with Crippen molar-refractivity contribution in [2.45, 2.75) is 13.0 Å². The van der Waals surface area contributed by atoms with Gasteiger partial charge in [0.1, 0.15) is 18.5 Å². The predicted molar refractivity (Wildman–Crippen MR) is 71.9 cm³/mol. The highest BCUT2D eigenvalue weighted by Gasteiger charge is 2.23. The van der Waals surface area contributed by atoms with Gasteiger partial charge in [-0.05, 0) is 18.6 Å². The summed E-state index contributed by atoms with van der Waals surface area (Å²) in [5.74, 6) is 0.928. The fraction of sp³-hybridized carbons (Fsp3) is 0.250. The Labute approximate surface area is 107 Å². The third kappa shape index (κ3) is 2.54. The number of hydrogen-bond acceptors (Lipinski definition) is 2. The van der Waals surface area contributed by atoms with Crippen LogP contribution in [0.2, 0.25) is 0 Å². The smallest absolute Gasteiger partial charge is 0.127 e. The maximum absolute atomic E-state index is 5.82. The molecule has 0 amide bonds. The summed E-state index contributed by atoms with van der Waals surface area (Å²) >= 11 is 0. The Kier molecular flexibility index (Phi) is 3.03. The van der Waals surface area contributed by atoms with E-state index in [9.17, 15) is 0 Å². The van der Waals surface area contributed by atoms with Crippen molar-refractivity contribution < 1.29 is 9.47 Å². The molecule has 18 heavy (non-hydrogen) atoms. The van der Waals surface area contributed by atoms with E-state index < -0.39 is 0 Å². The number of benzene rings is 2. The van der Waals surface area contributed by atoms with Crippen LogP contribution < -0.4 is 4.74 Å². The van der Waals surface area contributed by atoms with Crippen LogP contribution in [0, 0.1) is 6.92 Å². The molecule has 1 heterocycles. The second kappa shape index (κ2) is 4.83. The Morgan fingerprint density at radius 3 is 2.56 bits per heavy atom. The molecule has 1 fully saturated rings. The number of hydrogen-bond donors (Lipinski definition) is 0. The summed E-state index contributed by atoms with van der Waals surface area (Å²) in [5.41, 5.74) is 3.59. The van der Waals surface area contributed by atoms with Gasteiger partial charge in [0.15, 0.2) is 0 Å². The zero-order valence-corrected chi connectivity index (χ0v) is 10.4. The Bertz CT molecular complexity index is 527. The highest BCUT2D eigenvalue weighted by Crippen LogP contribution is 2.30. The Hall–Kier alpha value is -1.80. The van der Waals surface area contributed by atoms with Crippen LogP contribution in [0.3, 0.4) is 0 Å². The van der Waals surface area contributed by atoms with Gasteiger partial charge in [0.2, 0.25) is 0 Å². The number of aryl methyl sites for hydroxylation is 1. The van der Waals surface area contributed by atoms with Crippen molar-refractivity contribution in [2.75, 3.05) is 13.2 Å². The summed E-state index contributed by atoms with van der Waals surface area (Å²) in [5, 5.41) is 0. The van der Waals surface area contributed by atoms with E-state index in [-0.39, 0.29) is 6.10 Å². The summed E-state index contributed by atoms with van der Waals surface area (Å²) in [4.78, 5) is 0. The Morgan fingerprint density at radius 2 is 1.83 bits per heavy atom. The van der Waals surface area contributed by atoms with Gasteiger partial charge < -0.3 is 9.47 Å². The molecule has 0 spiro atoms. The topological polar surface area (TPSA) is 21.8 Å². The summed E-state index contributed by atoms with van der Waals surface area (Å²) in [6, 6.07) is 16.6. The van der Waals surface area contributed by atoms with Gasteiger partial charge in [-0.3, -0.25) is 0 Å². The monoisotopic (exact) mass is 240 g/mol. The van der Waals surface area contributed by atoms with Crippen LogP contribution in [0.4, 0.5) is 0 Å². The van der Waals surface area contributed by atoms with Crippen molar-refractivity contribution in [3.63, 3.8) is 0 Å². The lowest BCUT2D eigenvalue weighted by Crippen LogP contribution is -2.04. The van der Waals surface area contributed by atoms with E-state index in [4.69, 9.17) is 9.47 Å². The zero-order chi connectivity index (χ0) is 12.4. The van der Waals surface area contributed by atoms with Gasteiger partial charge in [0.25, 0.3) is 0 Å². The molecule has 0 radical (unpaired) electrons. The molecule has 0 aromatic heterocycles. The van der Waals surface area contributed by atoms with Gasteiger partial charge in [-0.1, -0.05) is 48.0 Å². The van der Waals surface area contributed by atoms with Crippen LogP contribution in [0.15, 0.2) is 48.5 Å². The van der Waals surface area contributed by atoms with Gasteiger partial charge in [0.05, 0.1) is 6.61 Å². The predicted octanol–water partition coefficient (Wildman–Crippen LogP) is 3.44. The van der Waals surface area contributed by atoms with E-state index in [0.717, 1.165) is 17.9 Å². The van der Waals surface area contributed by atoms with Crippen molar-refractivity contribution in [3.8, 4) is 16.9 Å². The molecule has 1 aliphatic rings. The molecule has 2 heteroatoms. The van der Waals surface area contributed by atoms with Crippen molar-refractivity contribution in [2.24, 2.45) is 0 Å². The largest absolute Gasteiger partial charge is 0.490 e. The van der Waals surface area contributed by atoms with Gasteiger partial charge in [-0.15, -0.1) is 0 Å². The molecule has 0 aliphatic carbocycles. The summed E-state index contributed by atoms with van der Waals surface area (Å²) in [6.07, 6.45) is 0.288. The fourth-order valence-corrected chi connectivity index (χ4v) is 1.91. The Morgan fingerprint density at radius 1 is 1.11 bits per heavy atom. The fourth-order valence-electron chi connectivity index (χ4n) is 1.91. The molecule has 2 aromatic rings. The highest BCUT2D eigenvalue weighted by atomic mass is 16.6. The number of rotatable bonds is 4. The van der Waals surface area contributed by atoms with E-state index >= 15 is 0 Å². The van der Waals surface area contributed by atoms with E-state index in [1.165, 1.54) is 11.1 Å². The Balaban J connectivity index is 1.87. The summed E-state index contributed by atoms with van der Waals surface area (Å²) in [6.45, 7) is 3.56. The minimum Gasteiger partial charge on any atom is -0.490 e. The molecule has 1 saturated heterocycles. The lowest BCUT2D eigenvalue weighted by atomic mass is 10.0. The molecule has 1 atom stereocenters. The summed E-state index contributed by atoms with van der Waals surface area (Å²) in [7, 11) is 0. The quantitative estimate of drug-likeness (QED) is 0.764. The lowest BCUT2D eigenvalue weighted by molar-refractivity contribution is 0.264. The first-order valence-electron chi connectivity index (χ1n) is 6.23. The first-order chi connectivity index (χ1) is 8.83. The van der Waals surface area contributed by atoms with Gasteiger partial charge in [0, 0.05) is 5.56 Å². The van der Waals surface area contributed by atoms with Crippen molar-refractivity contribution in [3.05, 3.63) is 54.1 Å². The van der Waals surface area contributed by atoms with Crippen LogP contribution in [-0.2, 0) is 4.74 Å². The lowest BCUT2D eigenvalue weighted by Gasteiger charge is -2.10. The second-order valence-corrected chi connectivity index (χ2v) is 4.63. The standard InChI is InChI=1S/C16H16O2/c1-12-6-8-13(9-7-12)15-4-2-3-5-16(15)18-11-14-10-17-14/h2-9,14H,10-11H2,1H3. The average molecular weight is 240 g/mol. The molecule has 2 nitrogen and oxygen atoms in total. The minimum absolute atomic E-state index is 0.288. The van der Waals surface area contributed by atoms with Gasteiger partial charge in [-0.25, -0.2) is 0 Å². The first-order valence-corrected chi connectivity index (χ1v) is 6.23. The molecule has 2 aromatic carbocycles. The van der Waals surface area contributed by atoms with Crippen LogP contribution in [0.1, 0.15) is 5.56 Å². The van der Waals surface area contributed by atoms with E-state index in [1.54, 1.807) is 0 Å². The second-order valence-electron chi connectivity index (χ2n) is 4.63. The van der Waals surface area contributed by atoms with Crippen LogP contribution in [0.5, 0.6) is 5.75 Å². The van der Waals surface area contributed by atoms with Crippen LogP contribution in [0.25, 0.3) is 11.1 Å². The molecule has 92 valence electrons. The number of ether oxygens (including phenoxy) is 2. The number of para-hydroxylation sites is 1. The van der Waals surface area contributed by atoms with Crippen LogP contribution >= 0.6 is 0 Å². The maximum atomic E-state index is 5.82. The maximum Gasteiger partial charge on any atom is 0.127 e. The van der Waals surface area contributed by atoms with Crippen molar-refractivity contribution in [1.29, 1.82) is 0 Å². The van der Waals surface area contributed by atoms with Crippen molar-refractivity contribution >= 4 is 0 Å². The normalized spacial score (nSPS) is 17.5. The summed E-state index contributed by atoms with van der Waals surface area (Å²) < 4.78 is 11.0. The molecular formula is C16H16O2. The third-order valence-corrected chi connectivity index (χ3v) is 3.08. The molecule has 1 unspecified atom stereocenters. The minimum atomic E-state index is 0.288. The molecular weight excluding hydrogens is 224 g/mol. The van der Waals surface area contributed by atoms with E-state index in [1.807, 2.05) is 18.2 Å². The van der Waals surface area contributed by atoms with E-state index in [2.05, 4.69) is 37.3 Å². The SMILES string of the molecule is Cc1ccc(-c2ccccc2OCC2CO2)cc1. The number of epoxide rings is 1. The first kappa shape index (κ1) is 11.3.